The number of nitrogens with zero attached hydrogens (tertiary/aromatic N) is 1. The van der Waals surface area contributed by atoms with E-state index in [9.17, 15) is 18.7 Å². The van der Waals surface area contributed by atoms with Gasteiger partial charge in [0.2, 0.25) is 5.91 Å². The van der Waals surface area contributed by atoms with Gasteiger partial charge in [-0.15, -0.1) is 0 Å². The molecule has 0 bridgehead atoms. The number of benzene rings is 1. The molecule has 2 rings (SSSR count). The summed E-state index contributed by atoms with van der Waals surface area (Å²) in [7, 11) is 0. The Hall–Kier alpha value is -2.34. The molecule has 6 heteroatoms. The minimum absolute atomic E-state index is 0.128. The molecule has 22 heavy (non-hydrogen) atoms. The van der Waals surface area contributed by atoms with Crippen molar-refractivity contribution in [2.45, 2.75) is 25.5 Å². The number of aliphatic hydroxyl groups is 1. The molecule has 0 aliphatic carbocycles. The van der Waals surface area contributed by atoms with E-state index in [1.54, 1.807) is 31.5 Å². The lowest BCUT2D eigenvalue weighted by Gasteiger charge is -2.20. The molecule has 4 nitrogen and oxygen atoms in total. The first-order valence-corrected chi connectivity index (χ1v) is 6.78. The lowest BCUT2D eigenvalue weighted by molar-refractivity contribution is -0.121. The smallest absolute Gasteiger partial charge is 0.224 e. The molecular formula is C16H16F2N2O2. The van der Waals surface area contributed by atoms with Crippen LogP contribution in [0.25, 0.3) is 0 Å². The van der Waals surface area contributed by atoms with Gasteiger partial charge in [0.15, 0.2) is 11.6 Å². The van der Waals surface area contributed by atoms with Crippen LogP contribution < -0.4 is 5.32 Å². The van der Waals surface area contributed by atoms with Crippen LogP contribution in [0.5, 0.6) is 0 Å². The third-order valence-corrected chi connectivity index (χ3v) is 3.23. The number of nitrogens with one attached hydrogen (secondary N) is 1. The van der Waals surface area contributed by atoms with Gasteiger partial charge in [-0.2, -0.15) is 0 Å². The highest BCUT2D eigenvalue weighted by Gasteiger charge is 2.19. The summed E-state index contributed by atoms with van der Waals surface area (Å²) in [4.78, 5) is 15.8. The molecule has 2 atom stereocenters. The van der Waals surface area contributed by atoms with Crippen molar-refractivity contribution in [2.24, 2.45) is 0 Å². The normalized spacial score (nSPS) is 13.5. The molecule has 0 aliphatic heterocycles. The molecule has 2 unspecified atom stereocenters. The van der Waals surface area contributed by atoms with Gasteiger partial charge in [-0.3, -0.25) is 9.78 Å². The molecule has 0 saturated heterocycles. The predicted molar refractivity (Wildman–Crippen MR) is 76.9 cm³/mol. The molecule has 116 valence electrons. The van der Waals surface area contributed by atoms with Gasteiger partial charge in [0, 0.05) is 12.4 Å². The summed E-state index contributed by atoms with van der Waals surface area (Å²) in [6, 6.07) is 5.99. The van der Waals surface area contributed by atoms with Crippen LogP contribution in [0.2, 0.25) is 0 Å². The van der Waals surface area contributed by atoms with Crippen LogP contribution in [0.3, 0.4) is 0 Å². The Labute approximate surface area is 126 Å². The van der Waals surface area contributed by atoms with Crippen molar-refractivity contribution in [1.82, 2.24) is 10.3 Å². The fraction of sp³-hybridized carbons (Fsp3) is 0.250. The highest BCUT2D eigenvalue weighted by Crippen LogP contribution is 2.19. The summed E-state index contributed by atoms with van der Waals surface area (Å²) in [5.41, 5.74) is 0.947. The summed E-state index contributed by atoms with van der Waals surface area (Å²) in [6.45, 7) is 1.59. The van der Waals surface area contributed by atoms with Crippen molar-refractivity contribution >= 4 is 5.91 Å². The van der Waals surface area contributed by atoms with Crippen LogP contribution in [-0.2, 0) is 11.2 Å². The van der Waals surface area contributed by atoms with E-state index in [1.807, 2.05) is 0 Å². The maximum absolute atomic E-state index is 13.2. The predicted octanol–water partition coefficient (Wildman–Crippen LogP) is 2.14. The first kappa shape index (κ1) is 16.0. The number of pyridine rings is 1. The quantitative estimate of drug-likeness (QED) is 0.889. The van der Waals surface area contributed by atoms with Crippen molar-refractivity contribution in [3.05, 3.63) is 65.5 Å². The topological polar surface area (TPSA) is 62.2 Å². The van der Waals surface area contributed by atoms with E-state index in [-0.39, 0.29) is 17.9 Å². The number of hydrogen-bond acceptors (Lipinski definition) is 3. The van der Waals surface area contributed by atoms with Gasteiger partial charge < -0.3 is 10.4 Å². The largest absolute Gasteiger partial charge is 0.386 e. The van der Waals surface area contributed by atoms with Crippen LogP contribution in [0.15, 0.2) is 42.7 Å². The van der Waals surface area contributed by atoms with Crippen LogP contribution in [-0.4, -0.2) is 22.0 Å². The summed E-state index contributed by atoms with van der Waals surface area (Å²) in [6.07, 6.45) is 2.18. The van der Waals surface area contributed by atoms with Crippen molar-refractivity contribution in [3.8, 4) is 0 Å². The fourth-order valence-electron chi connectivity index (χ4n) is 2.06. The Morgan fingerprint density at radius 1 is 1.32 bits per heavy atom. The van der Waals surface area contributed by atoms with Crippen molar-refractivity contribution < 1.29 is 18.7 Å². The Balaban J connectivity index is 1.97. The number of rotatable bonds is 5. The molecule has 1 aromatic heterocycles. The van der Waals surface area contributed by atoms with Gasteiger partial charge in [-0.05, 0) is 36.2 Å². The Morgan fingerprint density at radius 3 is 2.73 bits per heavy atom. The molecule has 0 aliphatic rings. The van der Waals surface area contributed by atoms with Gasteiger partial charge in [-0.1, -0.05) is 12.1 Å². The Bertz CT molecular complexity index is 650. The second-order valence-electron chi connectivity index (χ2n) is 5.01. The number of carbonyl (C=O) groups excluding carboxylic acids is 1. The van der Waals surface area contributed by atoms with Crippen molar-refractivity contribution in [1.29, 1.82) is 0 Å². The second-order valence-corrected chi connectivity index (χ2v) is 5.01. The Morgan fingerprint density at radius 2 is 2.09 bits per heavy atom. The fourth-order valence-corrected chi connectivity index (χ4v) is 2.06. The maximum atomic E-state index is 13.2. The Kier molecular flexibility index (Phi) is 5.16. The van der Waals surface area contributed by atoms with Gasteiger partial charge in [0.1, 0.15) is 0 Å². The van der Waals surface area contributed by atoms with E-state index >= 15 is 0 Å². The van der Waals surface area contributed by atoms with E-state index in [4.69, 9.17) is 0 Å². The van der Waals surface area contributed by atoms with E-state index in [2.05, 4.69) is 10.3 Å². The third kappa shape index (κ3) is 4.08. The summed E-state index contributed by atoms with van der Waals surface area (Å²) in [5, 5.41) is 12.7. The molecule has 0 fully saturated rings. The van der Waals surface area contributed by atoms with E-state index < -0.39 is 23.8 Å². The molecule has 1 amide bonds. The van der Waals surface area contributed by atoms with Crippen LogP contribution >= 0.6 is 0 Å². The van der Waals surface area contributed by atoms with Crippen molar-refractivity contribution in [2.75, 3.05) is 0 Å². The molecule has 0 saturated carbocycles. The van der Waals surface area contributed by atoms with Gasteiger partial charge in [0.25, 0.3) is 0 Å². The molecule has 0 spiro atoms. The molecule has 0 radical (unpaired) electrons. The van der Waals surface area contributed by atoms with Crippen LogP contribution in [0.4, 0.5) is 8.78 Å². The third-order valence-electron chi connectivity index (χ3n) is 3.23. The number of aliphatic hydroxyl groups excluding tert-OH is 1. The van der Waals surface area contributed by atoms with Crippen LogP contribution in [0, 0.1) is 11.6 Å². The zero-order valence-electron chi connectivity index (χ0n) is 12.0. The molecule has 2 N–H and O–H groups in total. The summed E-state index contributed by atoms with van der Waals surface area (Å²) in [5.74, 6) is -2.31. The zero-order chi connectivity index (χ0) is 16.1. The number of aromatic nitrogens is 1. The average molecular weight is 306 g/mol. The van der Waals surface area contributed by atoms with Crippen LogP contribution in [0.1, 0.15) is 24.2 Å². The van der Waals surface area contributed by atoms with Gasteiger partial charge >= 0.3 is 0 Å². The highest BCUT2D eigenvalue weighted by atomic mass is 19.2. The zero-order valence-corrected chi connectivity index (χ0v) is 12.0. The summed E-state index contributed by atoms with van der Waals surface area (Å²) < 4.78 is 26.1. The van der Waals surface area contributed by atoms with Crippen molar-refractivity contribution in [3.63, 3.8) is 0 Å². The number of carbonyl (C=O) groups is 1. The number of halogens is 2. The van der Waals surface area contributed by atoms with E-state index in [1.165, 1.54) is 6.07 Å². The lowest BCUT2D eigenvalue weighted by atomic mass is 10.0. The number of amides is 1. The average Bonchev–Trinajstić information content (AvgIpc) is 2.50. The molecule has 1 heterocycles. The van der Waals surface area contributed by atoms with E-state index in [0.29, 0.717) is 0 Å². The standard InChI is InChI=1S/C16H16F2N2O2/c1-10(16(22)12-4-5-13(17)14(18)8-12)20-15(21)7-11-3-2-6-19-9-11/h2-6,8-10,16,22H,7H2,1H3,(H,20,21). The molecule has 2 aromatic rings. The van der Waals surface area contributed by atoms with E-state index in [0.717, 1.165) is 17.7 Å². The maximum Gasteiger partial charge on any atom is 0.224 e. The molecule has 1 aromatic carbocycles. The SMILES string of the molecule is CC(NC(=O)Cc1cccnc1)C(O)c1ccc(F)c(F)c1. The summed E-state index contributed by atoms with van der Waals surface area (Å²) >= 11 is 0. The first-order chi connectivity index (χ1) is 10.5. The monoisotopic (exact) mass is 306 g/mol. The minimum Gasteiger partial charge on any atom is -0.386 e. The minimum atomic E-state index is -1.13. The first-order valence-electron chi connectivity index (χ1n) is 6.78. The molecular weight excluding hydrogens is 290 g/mol. The second kappa shape index (κ2) is 7.09. The lowest BCUT2D eigenvalue weighted by Crippen LogP contribution is -2.38. The van der Waals surface area contributed by atoms with Gasteiger partial charge in [-0.25, -0.2) is 8.78 Å². The van der Waals surface area contributed by atoms with Gasteiger partial charge in [0.05, 0.1) is 18.6 Å². The number of hydrogen-bond donors (Lipinski definition) is 2. The highest BCUT2D eigenvalue weighted by molar-refractivity contribution is 5.78.